The number of likely N-dealkylation sites (tertiary alicyclic amines) is 1. The third kappa shape index (κ3) is 6.58. The molecule has 0 saturated carbocycles. The van der Waals surface area contributed by atoms with Crippen molar-refractivity contribution in [2.75, 3.05) is 26.7 Å². The van der Waals surface area contributed by atoms with Crippen molar-refractivity contribution in [3.05, 3.63) is 95.8 Å². The van der Waals surface area contributed by atoms with Crippen LogP contribution in [0.2, 0.25) is 0 Å². The summed E-state index contributed by atoms with van der Waals surface area (Å²) in [6, 6.07) is 21.9. The van der Waals surface area contributed by atoms with Crippen LogP contribution in [0.3, 0.4) is 0 Å². The van der Waals surface area contributed by atoms with Crippen molar-refractivity contribution in [2.45, 2.75) is 43.5 Å². The summed E-state index contributed by atoms with van der Waals surface area (Å²) < 4.78 is 45.6. The summed E-state index contributed by atoms with van der Waals surface area (Å²) in [6.45, 7) is 1.31. The molecule has 2 saturated heterocycles. The first-order chi connectivity index (χ1) is 18.9. The second-order valence-electron chi connectivity index (χ2n) is 9.80. The molecule has 3 atom stereocenters. The zero-order valence-corrected chi connectivity index (χ0v) is 22.7. The summed E-state index contributed by atoms with van der Waals surface area (Å²) in [5.41, 5.74) is 2.31. The van der Waals surface area contributed by atoms with Gasteiger partial charge in [-0.25, -0.2) is 13.2 Å². The van der Waals surface area contributed by atoms with Crippen LogP contribution in [0.25, 0.3) is 0 Å². The number of amides is 1. The Morgan fingerprint density at radius 3 is 2.51 bits per heavy atom. The van der Waals surface area contributed by atoms with Gasteiger partial charge in [0.15, 0.2) is 0 Å². The molecule has 1 amide bonds. The largest absolute Gasteiger partial charge is 0.486 e. The van der Waals surface area contributed by atoms with Gasteiger partial charge in [-0.3, -0.25) is 4.98 Å². The van der Waals surface area contributed by atoms with E-state index >= 15 is 0 Å². The van der Waals surface area contributed by atoms with Gasteiger partial charge in [0.2, 0.25) is 10.0 Å². The van der Waals surface area contributed by atoms with Crippen molar-refractivity contribution >= 4 is 16.1 Å². The van der Waals surface area contributed by atoms with E-state index in [4.69, 9.17) is 14.2 Å². The lowest BCUT2D eigenvalue weighted by Crippen LogP contribution is -2.32. The van der Waals surface area contributed by atoms with Gasteiger partial charge in [-0.1, -0.05) is 48.5 Å². The molecule has 2 aromatic carbocycles. The monoisotopic (exact) mass is 551 g/mol. The van der Waals surface area contributed by atoms with Crippen LogP contribution in [0.5, 0.6) is 5.75 Å². The van der Waals surface area contributed by atoms with E-state index in [1.54, 1.807) is 46.8 Å². The van der Waals surface area contributed by atoms with Crippen molar-refractivity contribution < 1.29 is 27.4 Å². The normalized spacial score (nSPS) is 21.7. The van der Waals surface area contributed by atoms with Gasteiger partial charge in [0.05, 0.1) is 30.6 Å². The number of carbonyl (C=O) groups excluding carboxylic acids is 1. The van der Waals surface area contributed by atoms with Crippen molar-refractivity contribution in [3.8, 4) is 5.75 Å². The number of carbonyl (C=O) groups is 1. The second-order valence-corrected chi connectivity index (χ2v) is 11.7. The zero-order valence-electron chi connectivity index (χ0n) is 21.9. The molecule has 0 N–H and O–H groups in total. The Labute approximate surface area is 229 Å². The van der Waals surface area contributed by atoms with E-state index in [0.717, 1.165) is 24.1 Å². The highest BCUT2D eigenvalue weighted by Gasteiger charge is 2.38. The van der Waals surface area contributed by atoms with Crippen LogP contribution >= 0.6 is 0 Å². The van der Waals surface area contributed by atoms with Crippen LogP contribution < -0.4 is 4.74 Å². The molecule has 3 heterocycles. The number of aromatic nitrogens is 1. The first-order valence-corrected chi connectivity index (χ1v) is 14.7. The lowest BCUT2D eigenvalue weighted by atomic mass is 10.1. The molecule has 1 aromatic heterocycles. The molecule has 1 unspecified atom stereocenters. The fourth-order valence-corrected chi connectivity index (χ4v) is 6.94. The van der Waals surface area contributed by atoms with Gasteiger partial charge < -0.3 is 19.1 Å². The summed E-state index contributed by atoms with van der Waals surface area (Å²) in [7, 11) is -2.00. The maximum atomic E-state index is 13.4. The van der Waals surface area contributed by atoms with Gasteiger partial charge in [0, 0.05) is 19.9 Å². The van der Waals surface area contributed by atoms with Gasteiger partial charge in [0.1, 0.15) is 24.6 Å². The topological polar surface area (TPSA) is 98.3 Å². The number of ether oxygens (including phenoxy) is 3. The number of methoxy groups -OCH3 is 1. The van der Waals surface area contributed by atoms with Gasteiger partial charge >= 0.3 is 6.09 Å². The van der Waals surface area contributed by atoms with Crippen LogP contribution in [-0.2, 0) is 31.9 Å². The fourth-order valence-electron chi connectivity index (χ4n) is 5.16. The molecule has 2 fully saturated rings. The number of pyridine rings is 1. The maximum absolute atomic E-state index is 13.4. The number of hydrogen-bond acceptors (Lipinski definition) is 7. The van der Waals surface area contributed by atoms with Gasteiger partial charge in [0.25, 0.3) is 0 Å². The Balaban J connectivity index is 1.21. The zero-order chi connectivity index (χ0) is 27.2. The molecule has 206 valence electrons. The van der Waals surface area contributed by atoms with Crippen LogP contribution in [0.15, 0.2) is 79.0 Å². The Kier molecular flexibility index (Phi) is 8.44. The predicted molar refractivity (Wildman–Crippen MR) is 145 cm³/mol. The van der Waals surface area contributed by atoms with Crippen molar-refractivity contribution in [1.82, 2.24) is 14.2 Å². The molecule has 0 bridgehead atoms. The number of rotatable bonds is 9. The molecule has 9 nitrogen and oxygen atoms in total. The summed E-state index contributed by atoms with van der Waals surface area (Å²) in [4.78, 5) is 18.6. The third-order valence-electron chi connectivity index (χ3n) is 7.11. The molecule has 2 aliphatic heterocycles. The summed E-state index contributed by atoms with van der Waals surface area (Å²) in [5, 5.41) is 0. The lowest BCUT2D eigenvalue weighted by Gasteiger charge is -2.24. The van der Waals surface area contributed by atoms with Crippen molar-refractivity contribution in [2.24, 2.45) is 0 Å². The van der Waals surface area contributed by atoms with Crippen molar-refractivity contribution in [3.63, 3.8) is 0 Å². The minimum Gasteiger partial charge on any atom is -0.486 e. The van der Waals surface area contributed by atoms with Gasteiger partial charge in [-0.05, 0) is 48.2 Å². The molecule has 5 rings (SSSR count). The number of nitrogens with zero attached hydrogens (tertiary/aromatic N) is 3. The van der Waals surface area contributed by atoms with E-state index in [2.05, 4.69) is 4.98 Å². The molecule has 0 aliphatic carbocycles. The van der Waals surface area contributed by atoms with E-state index < -0.39 is 22.2 Å². The summed E-state index contributed by atoms with van der Waals surface area (Å²) in [5.74, 6) is 0.390. The average Bonchev–Trinajstić information content (AvgIpc) is 3.61. The van der Waals surface area contributed by atoms with Crippen molar-refractivity contribution in [1.29, 1.82) is 0 Å². The first kappa shape index (κ1) is 27.1. The first-order valence-electron chi connectivity index (χ1n) is 13.1. The van der Waals surface area contributed by atoms with E-state index in [0.29, 0.717) is 30.9 Å². The lowest BCUT2D eigenvalue weighted by molar-refractivity contribution is 0.0338. The molecule has 39 heavy (non-hydrogen) atoms. The minimum atomic E-state index is -3.58. The molecule has 0 spiro atoms. The summed E-state index contributed by atoms with van der Waals surface area (Å²) >= 11 is 0. The fraction of sp³-hybridized carbons (Fsp3) is 0.379. The molecule has 0 radical (unpaired) electrons. The summed E-state index contributed by atoms with van der Waals surface area (Å²) in [6.07, 6.45) is 2.06. The van der Waals surface area contributed by atoms with Crippen LogP contribution in [0.1, 0.15) is 35.7 Å². The second kappa shape index (κ2) is 12.1. The highest BCUT2D eigenvalue weighted by atomic mass is 32.2. The molecular formula is C29H33N3O6S. The van der Waals surface area contributed by atoms with Gasteiger partial charge in [-0.15, -0.1) is 0 Å². The predicted octanol–water partition coefficient (Wildman–Crippen LogP) is 4.16. The van der Waals surface area contributed by atoms with Crippen LogP contribution in [0.4, 0.5) is 4.79 Å². The molecule has 3 aromatic rings. The number of benzene rings is 2. The number of sulfonamides is 1. The Bertz CT molecular complexity index is 1360. The van der Waals surface area contributed by atoms with E-state index in [9.17, 15) is 13.2 Å². The molecule has 10 heteroatoms. The van der Waals surface area contributed by atoms with Crippen LogP contribution in [0, 0.1) is 0 Å². The smallest absolute Gasteiger partial charge is 0.410 e. The van der Waals surface area contributed by atoms with E-state index in [1.165, 1.54) is 0 Å². The average molecular weight is 552 g/mol. The highest BCUT2D eigenvalue weighted by molar-refractivity contribution is 7.88. The highest BCUT2D eigenvalue weighted by Crippen LogP contribution is 2.34. The standard InChI is InChI=1S/C29H33N3O6S/c1-36-27-18-31(29(33)37-20-22-9-3-2-4-10-22)19-28(27)38-24-12-7-11-23(17-24)21-39(34,35)32-16-8-14-26(32)25-13-5-6-15-30-25/h2-7,9-13,15,17,26-28H,8,14,16,18-21H2,1H3/t26?,27-,28-/m1/s1. The van der Waals surface area contributed by atoms with E-state index in [1.807, 2.05) is 48.5 Å². The Morgan fingerprint density at radius 2 is 1.74 bits per heavy atom. The third-order valence-corrected chi connectivity index (χ3v) is 8.96. The number of hydrogen-bond donors (Lipinski definition) is 0. The Hall–Kier alpha value is -3.47. The van der Waals surface area contributed by atoms with Crippen LogP contribution in [-0.4, -0.2) is 67.7 Å². The molecular weight excluding hydrogens is 518 g/mol. The van der Waals surface area contributed by atoms with Gasteiger partial charge in [-0.2, -0.15) is 4.31 Å². The SMILES string of the molecule is CO[C@@H]1CN(C(=O)OCc2ccccc2)C[C@H]1Oc1cccc(CS(=O)(=O)N2CCCC2c2ccccn2)c1. The maximum Gasteiger partial charge on any atom is 0.410 e. The van der Waals surface area contributed by atoms with E-state index in [-0.39, 0.29) is 24.5 Å². The minimum absolute atomic E-state index is 0.135. The Morgan fingerprint density at radius 1 is 0.974 bits per heavy atom. The molecule has 2 aliphatic rings. The quantitative estimate of drug-likeness (QED) is 0.394.